The maximum Gasteiger partial charge on any atom is 0.573 e. The summed E-state index contributed by atoms with van der Waals surface area (Å²) in [7, 11) is 0. The molecule has 24 heavy (non-hydrogen) atoms. The SMILES string of the molecule is CC(N)(c1ccc(OC(F)(F)F)cc1)c1ncnc2scc(Cl)c12. The van der Waals surface area contributed by atoms with E-state index in [0.717, 1.165) is 0 Å². The highest BCUT2D eigenvalue weighted by Crippen LogP contribution is 2.37. The van der Waals surface area contributed by atoms with Crippen molar-refractivity contribution in [2.75, 3.05) is 0 Å². The van der Waals surface area contributed by atoms with E-state index in [1.807, 2.05) is 0 Å². The Kier molecular flexibility index (Phi) is 4.15. The summed E-state index contributed by atoms with van der Waals surface area (Å²) in [6.07, 6.45) is -3.35. The first kappa shape index (κ1) is 16.9. The molecule has 0 fully saturated rings. The summed E-state index contributed by atoms with van der Waals surface area (Å²) >= 11 is 7.56. The van der Waals surface area contributed by atoms with E-state index in [9.17, 15) is 13.2 Å². The van der Waals surface area contributed by atoms with Crippen LogP contribution >= 0.6 is 22.9 Å². The molecular formula is C15H11ClF3N3OS. The van der Waals surface area contributed by atoms with Crippen molar-refractivity contribution in [3.63, 3.8) is 0 Å². The van der Waals surface area contributed by atoms with Crippen LogP contribution in [-0.2, 0) is 5.54 Å². The van der Waals surface area contributed by atoms with Gasteiger partial charge in [0.1, 0.15) is 16.9 Å². The summed E-state index contributed by atoms with van der Waals surface area (Å²) in [5.74, 6) is -0.316. The van der Waals surface area contributed by atoms with Gasteiger partial charge in [0.25, 0.3) is 0 Å². The molecule has 0 aliphatic carbocycles. The van der Waals surface area contributed by atoms with E-state index in [1.165, 1.54) is 41.9 Å². The van der Waals surface area contributed by atoms with E-state index < -0.39 is 11.9 Å². The van der Waals surface area contributed by atoms with Crippen molar-refractivity contribution in [1.82, 2.24) is 9.97 Å². The molecule has 0 radical (unpaired) electrons. The van der Waals surface area contributed by atoms with Crippen molar-refractivity contribution >= 4 is 33.2 Å². The molecule has 3 aromatic rings. The largest absolute Gasteiger partial charge is 0.573 e. The highest BCUT2D eigenvalue weighted by atomic mass is 35.5. The van der Waals surface area contributed by atoms with Gasteiger partial charge in [-0.3, -0.25) is 0 Å². The fraction of sp³-hybridized carbons (Fsp3) is 0.200. The third-order valence-corrected chi connectivity index (χ3v) is 4.82. The Morgan fingerprint density at radius 2 is 1.83 bits per heavy atom. The molecule has 0 bridgehead atoms. The van der Waals surface area contributed by atoms with Crippen molar-refractivity contribution in [3.8, 4) is 5.75 Å². The second kappa shape index (κ2) is 5.87. The summed E-state index contributed by atoms with van der Waals surface area (Å²) in [5, 5.41) is 2.87. The van der Waals surface area contributed by atoms with Crippen LogP contribution in [0.25, 0.3) is 10.2 Å². The Hall–Kier alpha value is -1.90. The van der Waals surface area contributed by atoms with E-state index in [0.29, 0.717) is 26.5 Å². The Balaban J connectivity index is 2.02. The fourth-order valence-corrected chi connectivity index (χ4v) is 3.51. The van der Waals surface area contributed by atoms with Crippen LogP contribution in [0.5, 0.6) is 5.75 Å². The number of thiophene rings is 1. The van der Waals surface area contributed by atoms with Crippen LogP contribution in [0.2, 0.25) is 5.02 Å². The lowest BCUT2D eigenvalue weighted by Gasteiger charge is -2.25. The van der Waals surface area contributed by atoms with E-state index in [4.69, 9.17) is 17.3 Å². The van der Waals surface area contributed by atoms with E-state index in [-0.39, 0.29) is 5.75 Å². The number of hydrogen-bond donors (Lipinski definition) is 1. The maximum atomic E-state index is 12.2. The van der Waals surface area contributed by atoms with Crippen molar-refractivity contribution < 1.29 is 17.9 Å². The first-order valence-corrected chi connectivity index (χ1v) is 7.97. The van der Waals surface area contributed by atoms with Crippen LogP contribution in [0.15, 0.2) is 36.0 Å². The minimum atomic E-state index is -4.74. The lowest BCUT2D eigenvalue weighted by Crippen LogP contribution is -2.35. The molecule has 1 aromatic carbocycles. The van der Waals surface area contributed by atoms with Gasteiger partial charge < -0.3 is 10.5 Å². The van der Waals surface area contributed by atoms with Crippen LogP contribution in [0.1, 0.15) is 18.2 Å². The zero-order chi connectivity index (χ0) is 17.5. The number of nitrogens with two attached hydrogens (primary N) is 1. The zero-order valence-corrected chi connectivity index (χ0v) is 13.8. The standard InChI is InChI=1S/C15H11ClF3N3OS/c1-14(20,8-2-4-9(5-3-8)23-15(17,18)19)12-11-10(16)6-24-13(11)22-7-21-12/h2-7H,20H2,1H3. The van der Waals surface area contributed by atoms with Crippen LogP contribution in [0.3, 0.4) is 0 Å². The summed E-state index contributed by atoms with van der Waals surface area (Å²) in [6, 6.07) is 5.35. The van der Waals surface area contributed by atoms with Gasteiger partial charge in [0.05, 0.1) is 21.6 Å². The Labute approximate surface area is 144 Å². The quantitative estimate of drug-likeness (QED) is 0.736. The molecule has 0 amide bonds. The van der Waals surface area contributed by atoms with Crippen LogP contribution < -0.4 is 10.5 Å². The molecule has 4 nitrogen and oxygen atoms in total. The molecule has 2 heterocycles. The average molecular weight is 374 g/mol. The monoisotopic (exact) mass is 373 g/mol. The normalized spacial score (nSPS) is 14.6. The first-order valence-electron chi connectivity index (χ1n) is 6.72. The average Bonchev–Trinajstić information content (AvgIpc) is 2.88. The summed E-state index contributed by atoms with van der Waals surface area (Å²) in [4.78, 5) is 9.08. The predicted molar refractivity (Wildman–Crippen MR) is 86.2 cm³/mol. The van der Waals surface area contributed by atoms with Gasteiger partial charge in [-0.15, -0.1) is 24.5 Å². The number of ether oxygens (including phenoxy) is 1. The molecule has 1 unspecified atom stereocenters. The molecule has 9 heteroatoms. The van der Waals surface area contributed by atoms with Gasteiger partial charge >= 0.3 is 6.36 Å². The van der Waals surface area contributed by atoms with Crippen molar-refractivity contribution in [3.05, 3.63) is 52.3 Å². The molecule has 0 saturated heterocycles. The summed E-state index contributed by atoms with van der Waals surface area (Å²) in [5.41, 5.74) is 6.43. The predicted octanol–water partition coefficient (Wildman–Crippen LogP) is 4.47. The number of nitrogens with zero attached hydrogens (tertiary/aromatic N) is 2. The van der Waals surface area contributed by atoms with Gasteiger partial charge in [-0.05, 0) is 24.6 Å². The van der Waals surface area contributed by atoms with E-state index in [1.54, 1.807) is 12.3 Å². The third kappa shape index (κ3) is 3.17. The minimum absolute atomic E-state index is 0.316. The Morgan fingerprint density at radius 1 is 1.17 bits per heavy atom. The molecule has 0 aliphatic heterocycles. The number of alkyl halides is 3. The van der Waals surface area contributed by atoms with Crippen LogP contribution in [0, 0.1) is 0 Å². The number of aromatic nitrogens is 2. The number of fused-ring (bicyclic) bond motifs is 1. The molecule has 0 saturated carbocycles. The van der Waals surface area contributed by atoms with Gasteiger partial charge in [0.2, 0.25) is 0 Å². The Bertz CT molecular complexity index is 878. The molecular weight excluding hydrogens is 363 g/mol. The van der Waals surface area contributed by atoms with Gasteiger partial charge in [-0.25, -0.2) is 9.97 Å². The highest BCUT2D eigenvalue weighted by molar-refractivity contribution is 7.17. The summed E-state index contributed by atoms with van der Waals surface area (Å²) < 4.78 is 40.6. The topological polar surface area (TPSA) is 61.0 Å². The number of rotatable bonds is 3. The van der Waals surface area contributed by atoms with Crippen molar-refractivity contribution in [2.24, 2.45) is 5.73 Å². The molecule has 3 rings (SSSR count). The van der Waals surface area contributed by atoms with Crippen LogP contribution in [-0.4, -0.2) is 16.3 Å². The number of halogens is 4. The third-order valence-electron chi connectivity index (χ3n) is 3.50. The van der Waals surface area contributed by atoms with Gasteiger partial charge in [0.15, 0.2) is 0 Å². The van der Waals surface area contributed by atoms with Gasteiger partial charge in [0, 0.05) is 5.38 Å². The highest BCUT2D eigenvalue weighted by Gasteiger charge is 2.32. The van der Waals surface area contributed by atoms with Crippen LogP contribution in [0.4, 0.5) is 13.2 Å². The lowest BCUT2D eigenvalue weighted by molar-refractivity contribution is -0.274. The van der Waals surface area contributed by atoms with Crippen molar-refractivity contribution in [2.45, 2.75) is 18.8 Å². The molecule has 2 aromatic heterocycles. The maximum absolute atomic E-state index is 12.2. The summed E-state index contributed by atoms with van der Waals surface area (Å²) in [6.45, 7) is 1.71. The van der Waals surface area contributed by atoms with Gasteiger partial charge in [-0.1, -0.05) is 23.7 Å². The number of hydrogen-bond acceptors (Lipinski definition) is 5. The second-order valence-electron chi connectivity index (χ2n) is 5.26. The molecule has 0 aliphatic rings. The molecule has 0 spiro atoms. The second-order valence-corrected chi connectivity index (χ2v) is 6.53. The van der Waals surface area contributed by atoms with Crippen molar-refractivity contribution in [1.29, 1.82) is 0 Å². The fourth-order valence-electron chi connectivity index (χ4n) is 2.37. The first-order chi connectivity index (χ1) is 11.2. The number of benzene rings is 1. The van der Waals surface area contributed by atoms with E-state index in [2.05, 4.69) is 14.7 Å². The van der Waals surface area contributed by atoms with E-state index >= 15 is 0 Å². The molecule has 2 N–H and O–H groups in total. The zero-order valence-electron chi connectivity index (χ0n) is 12.3. The Morgan fingerprint density at radius 3 is 2.46 bits per heavy atom. The molecule has 1 atom stereocenters. The van der Waals surface area contributed by atoms with Gasteiger partial charge in [-0.2, -0.15) is 0 Å². The molecule has 126 valence electrons. The lowest BCUT2D eigenvalue weighted by atomic mass is 9.88. The minimum Gasteiger partial charge on any atom is -0.406 e. The smallest absolute Gasteiger partial charge is 0.406 e.